The lowest BCUT2D eigenvalue weighted by Crippen LogP contribution is -2.19. The molecule has 0 bridgehead atoms. The van der Waals surface area contributed by atoms with Gasteiger partial charge < -0.3 is 9.15 Å². The van der Waals surface area contributed by atoms with E-state index in [2.05, 4.69) is 26.0 Å². The van der Waals surface area contributed by atoms with Crippen molar-refractivity contribution in [2.75, 3.05) is 12.4 Å². The van der Waals surface area contributed by atoms with Gasteiger partial charge in [0.05, 0.1) is 26.0 Å². The topological polar surface area (TPSA) is 119 Å². The van der Waals surface area contributed by atoms with E-state index in [4.69, 9.17) is 9.15 Å². The summed E-state index contributed by atoms with van der Waals surface area (Å²) in [6, 6.07) is 10.1. The number of amides is 2. The molecule has 0 unspecified atom stereocenters. The van der Waals surface area contributed by atoms with E-state index < -0.39 is 0 Å². The molecule has 2 heterocycles. The zero-order valence-electron chi connectivity index (χ0n) is 14.2. The SMILES string of the molecule is COc1ccc(C(=O)Nc2nnc(CC(=O)NN=Cc3ccco3)s2)cc1. The zero-order chi connectivity index (χ0) is 19.1. The van der Waals surface area contributed by atoms with Crippen LogP contribution in [0.25, 0.3) is 0 Å². The average Bonchev–Trinajstić information content (AvgIpc) is 3.34. The van der Waals surface area contributed by atoms with E-state index in [0.717, 1.165) is 11.3 Å². The van der Waals surface area contributed by atoms with Gasteiger partial charge in [-0.05, 0) is 36.4 Å². The number of benzene rings is 1. The Morgan fingerprint density at radius 3 is 2.78 bits per heavy atom. The number of nitrogens with zero attached hydrogens (tertiary/aromatic N) is 3. The van der Waals surface area contributed by atoms with Crippen LogP contribution in [0.2, 0.25) is 0 Å². The van der Waals surface area contributed by atoms with Crippen molar-refractivity contribution in [3.05, 3.63) is 59.0 Å². The standard InChI is InChI=1S/C17H15N5O4S/c1-25-12-6-4-11(5-7-12)16(24)19-17-22-21-15(27-17)9-14(23)20-18-10-13-3-2-8-26-13/h2-8,10H,9H2,1H3,(H,20,23)(H,19,22,24). The zero-order valence-corrected chi connectivity index (χ0v) is 15.0. The number of anilines is 1. The molecule has 0 atom stereocenters. The van der Waals surface area contributed by atoms with Gasteiger partial charge in [-0.25, -0.2) is 5.43 Å². The fraction of sp³-hybridized carbons (Fsp3) is 0.118. The van der Waals surface area contributed by atoms with E-state index in [1.165, 1.54) is 12.5 Å². The van der Waals surface area contributed by atoms with Crippen LogP contribution < -0.4 is 15.5 Å². The van der Waals surface area contributed by atoms with Crippen LogP contribution in [0.5, 0.6) is 5.75 Å². The lowest BCUT2D eigenvalue weighted by molar-refractivity contribution is -0.120. The van der Waals surface area contributed by atoms with Crippen LogP contribution in [0.3, 0.4) is 0 Å². The molecular weight excluding hydrogens is 370 g/mol. The Labute approximate surface area is 158 Å². The highest BCUT2D eigenvalue weighted by atomic mass is 32.1. The van der Waals surface area contributed by atoms with E-state index in [1.807, 2.05) is 0 Å². The number of carbonyl (C=O) groups excluding carboxylic acids is 2. The monoisotopic (exact) mass is 385 g/mol. The molecule has 0 saturated heterocycles. The molecule has 2 N–H and O–H groups in total. The third-order valence-electron chi connectivity index (χ3n) is 3.28. The maximum atomic E-state index is 12.2. The van der Waals surface area contributed by atoms with E-state index in [9.17, 15) is 9.59 Å². The Hall–Kier alpha value is -3.53. The van der Waals surface area contributed by atoms with Crippen molar-refractivity contribution in [3.63, 3.8) is 0 Å². The Bertz CT molecular complexity index is 935. The normalized spacial score (nSPS) is 10.7. The number of nitrogens with one attached hydrogen (secondary N) is 2. The van der Waals surface area contributed by atoms with Crippen molar-refractivity contribution in [2.45, 2.75) is 6.42 Å². The molecule has 1 aromatic carbocycles. The highest BCUT2D eigenvalue weighted by Gasteiger charge is 2.12. The first-order valence-corrected chi connectivity index (χ1v) is 8.59. The number of hydrogen-bond donors (Lipinski definition) is 2. The molecule has 0 aliphatic rings. The summed E-state index contributed by atoms with van der Waals surface area (Å²) in [6.07, 6.45) is 2.89. The van der Waals surface area contributed by atoms with Crippen molar-refractivity contribution in [1.29, 1.82) is 0 Å². The number of hydrazone groups is 1. The lowest BCUT2D eigenvalue weighted by Gasteiger charge is -2.02. The summed E-state index contributed by atoms with van der Waals surface area (Å²) in [4.78, 5) is 24.0. The summed E-state index contributed by atoms with van der Waals surface area (Å²) in [6.45, 7) is 0. The smallest absolute Gasteiger partial charge is 0.257 e. The van der Waals surface area contributed by atoms with Gasteiger partial charge in [0.25, 0.3) is 5.91 Å². The summed E-state index contributed by atoms with van der Waals surface area (Å²) < 4.78 is 10.1. The van der Waals surface area contributed by atoms with Crippen LogP contribution in [-0.4, -0.2) is 35.3 Å². The third-order valence-corrected chi connectivity index (χ3v) is 4.11. The van der Waals surface area contributed by atoms with E-state index in [-0.39, 0.29) is 18.2 Å². The quantitative estimate of drug-likeness (QED) is 0.475. The second-order valence-corrected chi connectivity index (χ2v) is 6.23. The maximum absolute atomic E-state index is 12.2. The first-order chi connectivity index (χ1) is 13.1. The summed E-state index contributed by atoms with van der Waals surface area (Å²) in [5.41, 5.74) is 2.82. The van der Waals surface area contributed by atoms with Crippen molar-refractivity contribution >= 4 is 34.5 Å². The molecule has 0 radical (unpaired) electrons. The first kappa shape index (κ1) is 18.3. The van der Waals surface area contributed by atoms with Crippen LogP contribution in [0.1, 0.15) is 21.1 Å². The van der Waals surface area contributed by atoms with Gasteiger partial charge in [0.2, 0.25) is 11.0 Å². The third kappa shape index (κ3) is 5.22. The average molecular weight is 385 g/mol. The molecule has 2 amide bonds. The minimum Gasteiger partial charge on any atom is -0.497 e. The predicted molar refractivity (Wildman–Crippen MR) is 99.0 cm³/mol. The second-order valence-electron chi connectivity index (χ2n) is 5.17. The summed E-state index contributed by atoms with van der Waals surface area (Å²) >= 11 is 1.11. The van der Waals surface area contributed by atoms with Gasteiger partial charge >= 0.3 is 0 Å². The summed E-state index contributed by atoms with van der Waals surface area (Å²) in [5, 5.41) is 14.9. The Balaban J connectivity index is 1.51. The Kier molecular flexibility index (Phi) is 5.90. The van der Waals surface area contributed by atoms with E-state index in [1.54, 1.807) is 43.5 Å². The van der Waals surface area contributed by atoms with Crippen LogP contribution >= 0.6 is 11.3 Å². The number of rotatable bonds is 7. The molecule has 2 aromatic heterocycles. The molecule has 9 nitrogen and oxygen atoms in total. The molecule has 0 aliphatic heterocycles. The van der Waals surface area contributed by atoms with E-state index >= 15 is 0 Å². The van der Waals surface area contributed by atoms with Crippen LogP contribution in [0.4, 0.5) is 5.13 Å². The highest BCUT2D eigenvalue weighted by Crippen LogP contribution is 2.18. The molecule has 27 heavy (non-hydrogen) atoms. The maximum Gasteiger partial charge on any atom is 0.257 e. The van der Waals surface area contributed by atoms with E-state index in [0.29, 0.717) is 27.2 Å². The number of hydrogen-bond acceptors (Lipinski definition) is 8. The van der Waals surface area contributed by atoms with Gasteiger partial charge in [-0.2, -0.15) is 5.10 Å². The van der Waals surface area contributed by atoms with Crippen molar-refractivity contribution in [1.82, 2.24) is 15.6 Å². The van der Waals surface area contributed by atoms with Crippen molar-refractivity contribution in [3.8, 4) is 5.75 Å². The fourth-order valence-electron chi connectivity index (χ4n) is 2.00. The number of carbonyl (C=O) groups is 2. The molecule has 0 spiro atoms. The number of ether oxygens (including phenoxy) is 1. The van der Waals surface area contributed by atoms with Gasteiger partial charge in [0.15, 0.2) is 0 Å². The number of furan rings is 1. The largest absolute Gasteiger partial charge is 0.497 e. The summed E-state index contributed by atoms with van der Waals surface area (Å²) in [7, 11) is 1.55. The first-order valence-electron chi connectivity index (χ1n) is 7.77. The highest BCUT2D eigenvalue weighted by molar-refractivity contribution is 7.15. The number of aromatic nitrogens is 2. The minimum absolute atomic E-state index is 0.00837. The van der Waals surface area contributed by atoms with Crippen LogP contribution in [-0.2, 0) is 11.2 Å². The van der Waals surface area contributed by atoms with Gasteiger partial charge in [-0.3, -0.25) is 14.9 Å². The van der Waals surface area contributed by atoms with Crippen LogP contribution in [0, 0.1) is 0 Å². The second kappa shape index (κ2) is 8.72. The molecule has 0 saturated carbocycles. The fourth-order valence-corrected chi connectivity index (χ4v) is 2.73. The van der Waals surface area contributed by atoms with Gasteiger partial charge in [0, 0.05) is 5.56 Å². The van der Waals surface area contributed by atoms with Gasteiger partial charge in [0.1, 0.15) is 16.5 Å². The Morgan fingerprint density at radius 2 is 2.07 bits per heavy atom. The molecular formula is C17H15N5O4S. The lowest BCUT2D eigenvalue weighted by atomic mass is 10.2. The molecule has 10 heteroatoms. The van der Waals surface area contributed by atoms with Crippen molar-refractivity contribution in [2.24, 2.45) is 5.10 Å². The number of methoxy groups -OCH3 is 1. The summed E-state index contributed by atoms with van der Waals surface area (Å²) in [5.74, 6) is 0.495. The molecule has 0 fully saturated rings. The van der Waals surface area contributed by atoms with Crippen molar-refractivity contribution < 1.29 is 18.7 Å². The van der Waals surface area contributed by atoms with Gasteiger partial charge in [-0.15, -0.1) is 10.2 Å². The minimum atomic E-state index is -0.359. The van der Waals surface area contributed by atoms with Gasteiger partial charge in [-0.1, -0.05) is 11.3 Å². The molecule has 3 aromatic rings. The Morgan fingerprint density at radius 1 is 1.26 bits per heavy atom. The predicted octanol–water partition coefficient (Wildman–Crippen LogP) is 2.08. The molecule has 0 aliphatic carbocycles. The van der Waals surface area contributed by atoms with Crippen LogP contribution in [0.15, 0.2) is 52.2 Å². The molecule has 3 rings (SSSR count). The molecule has 138 valence electrons.